The van der Waals surface area contributed by atoms with Crippen LogP contribution in [0.25, 0.3) is 0 Å². The predicted octanol–water partition coefficient (Wildman–Crippen LogP) is 3.09. The first kappa shape index (κ1) is 16.0. The Bertz CT molecular complexity index is 624. The van der Waals surface area contributed by atoms with Gasteiger partial charge in [-0.25, -0.2) is 8.78 Å². The molecule has 0 aliphatic carbocycles. The lowest BCUT2D eigenvalue weighted by atomic mass is 10.1. The monoisotopic (exact) mass is 310 g/mol. The molecule has 0 aliphatic heterocycles. The molecule has 1 N–H and O–H groups in total. The van der Waals surface area contributed by atoms with Crippen LogP contribution in [0.15, 0.2) is 36.4 Å². The van der Waals surface area contributed by atoms with Gasteiger partial charge in [-0.15, -0.1) is 0 Å². The number of rotatable bonds is 6. The van der Waals surface area contributed by atoms with Crippen molar-refractivity contribution >= 4 is 0 Å². The van der Waals surface area contributed by atoms with E-state index in [9.17, 15) is 13.9 Å². The average Bonchev–Trinajstić information content (AvgIpc) is 2.52. The van der Waals surface area contributed by atoms with E-state index in [1.807, 2.05) is 0 Å². The van der Waals surface area contributed by atoms with E-state index in [0.29, 0.717) is 23.3 Å². The van der Waals surface area contributed by atoms with Crippen LogP contribution in [0, 0.1) is 11.6 Å². The number of hydrogen-bond donors (Lipinski definition) is 1. The fourth-order valence-corrected chi connectivity index (χ4v) is 1.90. The zero-order chi connectivity index (χ0) is 16.1. The van der Waals surface area contributed by atoms with E-state index in [1.165, 1.54) is 20.3 Å². The van der Waals surface area contributed by atoms with Gasteiger partial charge in [0, 0.05) is 29.8 Å². The van der Waals surface area contributed by atoms with E-state index in [1.54, 1.807) is 18.2 Å². The molecule has 0 fully saturated rings. The highest BCUT2D eigenvalue weighted by molar-refractivity contribution is 5.42. The van der Waals surface area contributed by atoms with Gasteiger partial charge in [-0.2, -0.15) is 0 Å². The summed E-state index contributed by atoms with van der Waals surface area (Å²) in [5.74, 6) is -0.0717. The molecule has 118 valence electrons. The molecular formula is C16H16F2O4. The Morgan fingerprint density at radius 1 is 0.955 bits per heavy atom. The van der Waals surface area contributed by atoms with Crippen LogP contribution in [0.3, 0.4) is 0 Å². The van der Waals surface area contributed by atoms with Crippen molar-refractivity contribution in [1.82, 2.24) is 0 Å². The van der Waals surface area contributed by atoms with Crippen LogP contribution in [0.4, 0.5) is 8.78 Å². The summed E-state index contributed by atoms with van der Waals surface area (Å²) in [6.07, 6.45) is -1.22. The molecule has 1 atom stereocenters. The largest absolute Gasteiger partial charge is 0.496 e. The molecule has 0 bridgehead atoms. The van der Waals surface area contributed by atoms with Crippen LogP contribution in [0.2, 0.25) is 0 Å². The summed E-state index contributed by atoms with van der Waals surface area (Å²) in [5.41, 5.74) is -0.0312. The molecule has 22 heavy (non-hydrogen) atoms. The van der Waals surface area contributed by atoms with Crippen LogP contribution in [-0.2, 0) is 0 Å². The predicted molar refractivity (Wildman–Crippen MR) is 76.4 cm³/mol. The molecule has 0 heterocycles. The summed E-state index contributed by atoms with van der Waals surface area (Å²) in [5, 5.41) is 9.96. The fraction of sp³-hybridized carbons (Fsp3) is 0.250. The summed E-state index contributed by atoms with van der Waals surface area (Å²) in [6.45, 7) is -0.196. The van der Waals surface area contributed by atoms with E-state index >= 15 is 0 Å². The number of halogens is 2. The number of ether oxygens (including phenoxy) is 3. The van der Waals surface area contributed by atoms with E-state index in [2.05, 4.69) is 0 Å². The Hall–Kier alpha value is -2.34. The maximum atomic E-state index is 13.6. The molecule has 2 aromatic rings. The summed E-state index contributed by atoms with van der Waals surface area (Å²) < 4.78 is 42.0. The first-order valence-electron chi connectivity index (χ1n) is 6.52. The van der Waals surface area contributed by atoms with Crippen LogP contribution in [0.1, 0.15) is 11.7 Å². The Kier molecular flexibility index (Phi) is 5.16. The number of aliphatic hydroxyl groups is 1. The molecule has 0 radical (unpaired) electrons. The second-order valence-electron chi connectivity index (χ2n) is 4.54. The number of hydrogen-bond acceptors (Lipinski definition) is 4. The van der Waals surface area contributed by atoms with Crippen LogP contribution in [-0.4, -0.2) is 25.9 Å². The lowest BCUT2D eigenvalue weighted by Gasteiger charge is -2.15. The minimum atomic E-state index is -1.22. The lowest BCUT2D eigenvalue weighted by Crippen LogP contribution is -2.11. The van der Waals surface area contributed by atoms with Gasteiger partial charge < -0.3 is 19.3 Å². The van der Waals surface area contributed by atoms with Crippen molar-refractivity contribution in [1.29, 1.82) is 0 Å². The second kappa shape index (κ2) is 7.09. The summed E-state index contributed by atoms with van der Waals surface area (Å²) in [6, 6.07) is 7.86. The number of methoxy groups -OCH3 is 2. The van der Waals surface area contributed by atoms with Gasteiger partial charge >= 0.3 is 0 Å². The zero-order valence-corrected chi connectivity index (χ0v) is 12.2. The zero-order valence-electron chi connectivity index (χ0n) is 12.2. The summed E-state index contributed by atoms with van der Waals surface area (Å²) >= 11 is 0. The number of benzene rings is 2. The molecule has 2 aromatic carbocycles. The SMILES string of the molecule is COc1cc(OC)cc(OCC(O)c2ccc(F)cc2F)c1. The van der Waals surface area contributed by atoms with Gasteiger partial charge in [0.2, 0.25) is 0 Å². The first-order chi connectivity index (χ1) is 10.5. The third kappa shape index (κ3) is 3.85. The Morgan fingerprint density at radius 3 is 2.09 bits per heavy atom. The van der Waals surface area contributed by atoms with Gasteiger partial charge in [0.25, 0.3) is 0 Å². The normalized spacial score (nSPS) is 11.9. The van der Waals surface area contributed by atoms with E-state index < -0.39 is 17.7 Å². The second-order valence-corrected chi connectivity index (χ2v) is 4.54. The summed E-state index contributed by atoms with van der Waals surface area (Å²) in [7, 11) is 3.00. The highest BCUT2D eigenvalue weighted by Crippen LogP contribution is 2.28. The highest BCUT2D eigenvalue weighted by atomic mass is 19.1. The topological polar surface area (TPSA) is 47.9 Å². The highest BCUT2D eigenvalue weighted by Gasteiger charge is 2.15. The first-order valence-corrected chi connectivity index (χ1v) is 6.52. The summed E-state index contributed by atoms with van der Waals surface area (Å²) in [4.78, 5) is 0. The fourth-order valence-electron chi connectivity index (χ4n) is 1.90. The van der Waals surface area contributed by atoms with Gasteiger partial charge in [-0.1, -0.05) is 6.07 Å². The van der Waals surface area contributed by atoms with Crippen molar-refractivity contribution in [3.8, 4) is 17.2 Å². The maximum absolute atomic E-state index is 13.6. The third-order valence-electron chi connectivity index (χ3n) is 3.05. The minimum absolute atomic E-state index is 0.0312. The van der Waals surface area contributed by atoms with Crippen molar-refractivity contribution < 1.29 is 28.1 Å². The molecule has 0 saturated heterocycles. The Balaban J connectivity index is 2.08. The molecule has 0 aliphatic rings. The van der Waals surface area contributed by atoms with Crippen LogP contribution < -0.4 is 14.2 Å². The molecule has 0 spiro atoms. The molecule has 1 unspecified atom stereocenters. The third-order valence-corrected chi connectivity index (χ3v) is 3.05. The van der Waals surface area contributed by atoms with Crippen molar-refractivity contribution in [2.24, 2.45) is 0 Å². The van der Waals surface area contributed by atoms with Gasteiger partial charge in [-0.3, -0.25) is 0 Å². The maximum Gasteiger partial charge on any atom is 0.132 e. The van der Waals surface area contributed by atoms with E-state index in [-0.39, 0.29) is 12.2 Å². The van der Waals surface area contributed by atoms with Gasteiger partial charge in [-0.05, 0) is 6.07 Å². The van der Waals surface area contributed by atoms with Crippen molar-refractivity contribution in [3.63, 3.8) is 0 Å². The standard InChI is InChI=1S/C16H16F2O4/c1-20-11-6-12(21-2)8-13(7-11)22-9-16(19)14-4-3-10(17)5-15(14)18/h3-8,16,19H,9H2,1-2H3. The van der Waals surface area contributed by atoms with Gasteiger partial charge in [0.1, 0.15) is 41.6 Å². The lowest BCUT2D eigenvalue weighted by molar-refractivity contribution is 0.104. The Labute approximate surface area is 126 Å². The molecule has 0 aromatic heterocycles. The molecule has 0 saturated carbocycles. The quantitative estimate of drug-likeness (QED) is 0.890. The van der Waals surface area contributed by atoms with Gasteiger partial charge in [0.15, 0.2) is 0 Å². The van der Waals surface area contributed by atoms with Crippen molar-refractivity contribution in [2.45, 2.75) is 6.10 Å². The Morgan fingerprint density at radius 2 is 1.55 bits per heavy atom. The van der Waals surface area contributed by atoms with Gasteiger partial charge in [0.05, 0.1) is 14.2 Å². The van der Waals surface area contributed by atoms with Crippen LogP contribution >= 0.6 is 0 Å². The molecule has 4 nitrogen and oxygen atoms in total. The van der Waals surface area contributed by atoms with E-state index in [0.717, 1.165) is 6.07 Å². The average molecular weight is 310 g/mol. The van der Waals surface area contributed by atoms with E-state index in [4.69, 9.17) is 14.2 Å². The molecular weight excluding hydrogens is 294 g/mol. The van der Waals surface area contributed by atoms with Crippen LogP contribution in [0.5, 0.6) is 17.2 Å². The number of aliphatic hydroxyl groups excluding tert-OH is 1. The minimum Gasteiger partial charge on any atom is -0.496 e. The smallest absolute Gasteiger partial charge is 0.132 e. The molecule has 2 rings (SSSR count). The molecule has 6 heteroatoms. The van der Waals surface area contributed by atoms with Crippen molar-refractivity contribution in [3.05, 3.63) is 53.6 Å². The van der Waals surface area contributed by atoms with Crippen molar-refractivity contribution in [2.75, 3.05) is 20.8 Å². The molecule has 0 amide bonds.